The van der Waals surface area contributed by atoms with Gasteiger partial charge in [-0.2, -0.15) is 0 Å². The standard InChI is InChI=1S/C13H13BrFNS/c1-9(10-2-4-12(15)5-3-10)16-7-13-6-11(14)8-17-13/h2-6,8-9,16H,7H2,1H3/t9-/m1/s1. The van der Waals surface area contributed by atoms with Gasteiger partial charge in [0.2, 0.25) is 0 Å². The first-order valence-electron chi connectivity index (χ1n) is 5.37. The summed E-state index contributed by atoms with van der Waals surface area (Å²) >= 11 is 5.15. The van der Waals surface area contributed by atoms with E-state index in [0.29, 0.717) is 0 Å². The number of nitrogens with one attached hydrogen (secondary N) is 1. The Labute approximate surface area is 113 Å². The minimum Gasteiger partial charge on any atom is -0.305 e. The molecule has 1 aromatic carbocycles. The van der Waals surface area contributed by atoms with Crippen LogP contribution in [0.2, 0.25) is 0 Å². The summed E-state index contributed by atoms with van der Waals surface area (Å²) in [5, 5.41) is 5.48. The van der Waals surface area contributed by atoms with Gasteiger partial charge in [-0.15, -0.1) is 11.3 Å². The van der Waals surface area contributed by atoms with Crippen LogP contribution in [-0.4, -0.2) is 0 Å². The highest BCUT2D eigenvalue weighted by molar-refractivity contribution is 9.10. The van der Waals surface area contributed by atoms with Gasteiger partial charge >= 0.3 is 0 Å². The Bertz CT molecular complexity index is 480. The van der Waals surface area contributed by atoms with Crippen LogP contribution < -0.4 is 5.32 Å². The molecule has 0 bridgehead atoms. The molecule has 2 rings (SSSR count). The Kier molecular flexibility index (Phi) is 4.31. The van der Waals surface area contributed by atoms with Crippen LogP contribution in [0.3, 0.4) is 0 Å². The van der Waals surface area contributed by atoms with Crippen molar-refractivity contribution in [2.75, 3.05) is 0 Å². The number of halogens is 2. The molecule has 0 saturated heterocycles. The fraction of sp³-hybridized carbons (Fsp3) is 0.231. The molecule has 0 aliphatic carbocycles. The third-order valence-electron chi connectivity index (χ3n) is 2.57. The first-order valence-corrected chi connectivity index (χ1v) is 7.04. The molecular formula is C13H13BrFNS. The molecule has 1 heterocycles. The smallest absolute Gasteiger partial charge is 0.123 e. The number of thiophene rings is 1. The van der Waals surface area contributed by atoms with Crippen molar-refractivity contribution in [2.24, 2.45) is 0 Å². The Morgan fingerprint density at radius 2 is 2.06 bits per heavy atom. The Morgan fingerprint density at radius 3 is 2.65 bits per heavy atom. The van der Waals surface area contributed by atoms with Crippen molar-refractivity contribution in [2.45, 2.75) is 19.5 Å². The zero-order chi connectivity index (χ0) is 12.3. The van der Waals surface area contributed by atoms with Crippen LogP contribution in [-0.2, 0) is 6.54 Å². The van der Waals surface area contributed by atoms with Crippen LogP contribution in [0.15, 0.2) is 40.2 Å². The Hall–Kier alpha value is -0.710. The second-order valence-electron chi connectivity index (χ2n) is 3.89. The molecule has 0 radical (unpaired) electrons. The van der Waals surface area contributed by atoms with Crippen molar-refractivity contribution >= 4 is 27.3 Å². The van der Waals surface area contributed by atoms with Gasteiger partial charge in [-0.05, 0) is 46.6 Å². The lowest BCUT2D eigenvalue weighted by molar-refractivity contribution is 0.575. The van der Waals surface area contributed by atoms with E-state index in [9.17, 15) is 4.39 Å². The lowest BCUT2D eigenvalue weighted by atomic mass is 10.1. The third-order valence-corrected chi connectivity index (χ3v) is 4.27. The maximum absolute atomic E-state index is 12.8. The molecule has 0 unspecified atom stereocenters. The maximum Gasteiger partial charge on any atom is 0.123 e. The molecule has 0 saturated carbocycles. The summed E-state index contributed by atoms with van der Waals surface area (Å²) in [6.45, 7) is 2.91. The molecule has 1 N–H and O–H groups in total. The summed E-state index contributed by atoms with van der Waals surface area (Å²) in [6.07, 6.45) is 0. The first kappa shape index (κ1) is 12.7. The van der Waals surface area contributed by atoms with E-state index in [1.807, 2.05) is 12.1 Å². The molecule has 0 amide bonds. The highest BCUT2D eigenvalue weighted by Crippen LogP contribution is 2.20. The van der Waals surface area contributed by atoms with E-state index in [1.54, 1.807) is 11.3 Å². The van der Waals surface area contributed by atoms with E-state index in [1.165, 1.54) is 17.0 Å². The summed E-state index contributed by atoms with van der Waals surface area (Å²) in [7, 11) is 0. The number of hydrogen-bond donors (Lipinski definition) is 1. The van der Waals surface area contributed by atoms with E-state index < -0.39 is 0 Å². The largest absolute Gasteiger partial charge is 0.305 e. The monoisotopic (exact) mass is 313 g/mol. The topological polar surface area (TPSA) is 12.0 Å². The average Bonchev–Trinajstić information content (AvgIpc) is 2.73. The van der Waals surface area contributed by atoms with Gasteiger partial charge in [0, 0.05) is 27.3 Å². The van der Waals surface area contributed by atoms with E-state index in [2.05, 4.69) is 39.6 Å². The van der Waals surface area contributed by atoms with Crippen LogP contribution >= 0.6 is 27.3 Å². The van der Waals surface area contributed by atoms with Crippen molar-refractivity contribution in [3.8, 4) is 0 Å². The van der Waals surface area contributed by atoms with Gasteiger partial charge in [-0.1, -0.05) is 12.1 Å². The van der Waals surface area contributed by atoms with Crippen LogP contribution in [0.5, 0.6) is 0 Å². The van der Waals surface area contributed by atoms with Crippen LogP contribution in [0, 0.1) is 5.82 Å². The van der Waals surface area contributed by atoms with Crippen molar-refractivity contribution in [1.29, 1.82) is 0 Å². The van der Waals surface area contributed by atoms with Crippen molar-refractivity contribution in [3.05, 3.63) is 56.4 Å². The Morgan fingerprint density at radius 1 is 1.35 bits per heavy atom. The highest BCUT2D eigenvalue weighted by atomic mass is 79.9. The van der Waals surface area contributed by atoms with Gasteiger partial charge < -0.3 is 5.32 Å². The van der Waals surface area contributed by atoms with Crippen molar-refractivity contribution in [1.82, 2.24) is 5.32 Å². The molecule has 4 heteroatoms. The summed E-state index contributed by atoms with van der Waals surface area (Å²) in [4.78, 5) is 1.28. The minimum atomic E-state index is -0.192. The zero-order valence-electron chi connectivity index (χ0n) is 9.41. The molecule has 90 valence electrons. The lowest BCUT2D eigenvalue weighted by Gasteiger charge is -2.13. The fourth-order valence-corrected chi connectivity index (χ4v) is 2.97. The molecule has 2 aromatic rings. The summed E-state index contributed by atoms with van der Waals surface area (Å²) < 4.78 is 13.9. The predicted octanol–water partition coefficient (Wildman–Crippen LogP) is 4.50. The predicted molar refractivity (Wildman–Crippen MR) is 73.7 cm³/mol. The second-order valence-corrected chi connectivity index (χ2v) is 5.80. The molecular weight excluding hydrogens is 301 g/mol. The quantitative estimate of drug-likeness (QED) is 0.876. The van der Waals surface area contributed by atoms with Gasteiger partial charge in [0.25, 0.3) is 0 Å². The Balaban J connectivity index is 1.93. The molecule has 0 fully saturated rings. The summed E-state index contributed by atoms with van der Waals surface area (Å²) in [6, 6.07) is 8.95. The number of hydrogen-bond acceptors (Lipinski definition) is 2. The second kappa shape index (κ2) is 5.76. The van der Waals surface area contributed by atoms with E-state index in [4.69, 9.17) is 0 Å². The molecule has 0 aliphatic heterocycles. The molecule has 17 heavy (non-hydrogen) atoms. The average molecular weight is 314 g/mol. The molecule has 0 aliphatic rings. The minimum absolute atomic E-state index is 0.192. The number of rotatable bonds is 4. The molecule has 1 nitrogen and oxygen atoms in total. The van der Waals surface area contributed by atoms with Gasteiger partial charge in [0.05, 0.1) is 0 Å². The SMILES string of the molecule is C[C@@H](NCc1cc(Br)cs1)c1ccc(F)cc1. The van der Waals surface area contributed by atoms with Crippen LogP contribution in [0.25, 0.3) is 0 Å². The normalized spacial score (nSPS) is 12.6. The van der Waals surface area contributed by atoms with Gasteiger partial charge in [-0.3, -0.25) is 0 Å². The maximum atomic E-state index is 12.8. The van der Waals surface area contributed by atoms with E-state index in [0.717, 1.165) is 16.6 Å². The molecule has 0 spiro atoms. The van der Waals surface area contributed by atoms with Crippen LogP contribution in [0.1, 0.15) is 23.4 Å². The van der Waals surface area contributed by atoms with Gasteiger partial charge in [0.15, 0.2) is 0 Å². The zero-order valence-corrected chi connectivity index (χ0v) is 11.8. The van der Waals surface area contributed by atoms with Crippen molar-refractivity contribution < 1.29 is 4.39 Å². The van der Waals surface area contributed by atoms with Crippen molar-refractivity contribution in [3.63, 3.8) is 0 Å². The van der Waals surface area contributed by atoms with Gasteiger partial charge in [-0.25, -0.2) is 4.39 Å². The first-order chi connectivity index (χ1) is 8.15. The lowest BCUT2D eigenvalue weighted by Crippen LogP contribution is -2.17. The van der Waals surface area contributed by atoms with E-state index in [-0.39, 0.29) is 11.9 Å². The third kappa shape index (κ3) is 3.63. The highest BCUT2D eigenvalue weighted by Gasteiger charge is 2.05. The summed E-state index contributed by atoms with van der Waals surface area (Å²) in [5.74, 6) is -0.192. The van der Waals surface area contributed by atoms with Gasteiger partial charge in [0.1, 0.15) is 5.82 Å². The van der Waals surface area contributed by atoms with Crippen LogP contribution in [0.4, 0.5) is 4.39 Å². The molecule has 1 atom stereocenters. The number of benzene rings is 1. The summed E-state index contributed by atoms with van der Waals surface area (Å²) in [5.41, 5.74) is 1.10. The van der Waals surface area contributed by atoms with E-state index >= 15 is 0 Å². The fourth-order valence-electron chi connectivity index (χ4n) is 1.57. The molecule has 1 aromatic heterocycles.